The van der Waals surface area contributed by atoms with Gasteiger partial charge in [-0.3, -0.25) is 4.90 Å². The second-order valence-corrected chi connectivity index (χ2v) is 6.06. The summed E-state index contributed by atoms with van der Waals surface area (Å²) in [4.78, 5) is 6.51. The maximum absolute atomic E-state index is 8.88. The molecule has 1 aliphatic carbocycles. The number of piperidine rings is 1. The molecule has 1 aromatic heterocycles. The molecular weight excluding hydrogens is 248 g/mol. The molecule has 0 aromatic carbocycles. The van der Waals surface area contributed by atoms with Gasteiger partial charge in [0.1, 0.15) is 11.8 Å². The molecule has 1 aromatic rings. The van der Waals surface area contributed by atoms with Crippen LogP contribution in [0.4, 0.5) is 0 Å². The van der Waals surface area contributed by atoms with Gasteiger partial charge >= 0.3 is 0 Å². The Hall–Kier alpha value is -1.44. The Morgan fingerprint density at radius 2 is 2.10 bits per heavy atom. The average Bonchev–Trinajstić information content (AvgIpc) is 3.31. The second-order valence-electron chi connectivity index (χ2n) is 6.06. The molecule has 1 saturated carbocycles. The highest BCUT2D eigenvalue weighted by molar-refractivity contribution is 5.25. The van der Waals surface area contributed by atoms with Crippen molar-refractivity contribution in [2.24, 2.45) is 5.92 Å². The van der Waals surface area contributed by atoms with Crippen LogP contribution in [-0.2, 0) is 6.54 Å². The Labute approximate surface area is 120 Å². The van der Waals surface area contributed by atoms with Crippen molar-refractivity contribution in [3.05, 3.63) is 29.6 Å². The number of hydrogen-bond acceptors (Lipinski definition) is 4. The molecule has 0 amide bonds. The van der Waals surface area contributed by atoms with Gasteiger partial charge in [-0.1, -0.05) is 0 Å². The zero-order valence-corrected chi connectivity index (χ0v) is 11.9. The largest absolute Gasteiger partial charge is 0.314 e. The molecule has 2 heterocycles. The molecule has 20 heavy (non-hydrogen) atoms. The van der Waals surface area contributed by atoms with E-state index in [9.17, 15) is 0 Å². The highest BCUT2D eigenvalue weighted by Gasteiger charge is 2.24. The van der Waals surface area contributed by atoms with Crippen molar-refractivity contribution in [2.45, 2.75) is 38.3 Å². The topological polar surface area (TPSA) is 52.0 Å². The van der Waals surface area contributed by atoms with Crippen molar-refractivity contribution in [2.75, 3.05) is 19.6 Å². The monoisotopic (exact) mass is 270 g/mol. The van der Waals surface area contributed by atoms with Crippen LogP contribution < -0.4 is 5.32 Å². The van der Waals surface area contributed by atoms with Crippen LogP contribution in [0, 0.1) is 17.2 Å². The average molecular weight is 270 g/mol. The van der Waals surface area contributed by atoms with Gasteiger partial charge in [-0.25, -0.2) is 4.98 Å². The van der Waals surface area contributed by atoms with Gasteiger partial charge < -0.3 is 5.32 Å². The van der Waals surface area contributed by atoms with E-state index in [0.717, 1.165) is 18.5 Å². The van der Waals surface area contributed by atoms with E-state index in [2.05, 4.69) is 21.3 Å². The van der Waals surface area contributed by atoms with Crippen LogP contribution in [0.3, 0.4) is 0 Å². The number of pyridine rings is 1. The molecule has 1 saturated heterocycles. The predicted octanol–water partition coefficient (Wildman–Crippen LogP) is 1.92. The van der Waals surface area contributed by atoms with E-state index in [-0.39, 0.29) is 0 Å². The smallest absolute Gasteiger partial charge is 0.140 e. The molecule has 4 nitrogen and oxygen atoms in total. The van der Waals surface area contributed by atoms with Crippen LogP contribution in [0.1, 0.15) is 36.9 Å². The lowest BCUT2D eigenvalue weighted by Gasteiger charge is -2.32. The minimum Gasteiger partial charge on any atom is -0.314 e. The molecule has 0 spiro atoms. The normalized spacial score (nSPS) is 20.8. The van der Waals surface area contributed by atoms with Gasteiger partial charge in [-0.05, 0) is 68.9 Å². The Morgan fingerprint density at radius 1 is 1.30 bits per heavy atom. The van der Waals surface area contributed by atoms with E-state index in [1.807, 2.05) is 12.1 Å². The van der Waals surface area contributed by atoms with E-state index >= 15 is 0 Å². The molecule has 2 fully saturated rings. The maximum Gasteiger partial charge on any atom is 0.140 e. The summed E-state index contributed by atoms with van der Waals surface area (Å²) in [5, 5.41) is 12.5. The molecule has 1 aliphatic heterocycles. The summed E-state index contributed by atoms with van der Waals surface area (Å²) < 4.78 is 0. The minimum absolute atomic E-state index is 0.519. The fourth-order valence-electron chi connectivity index (χ4n) is 2.86. The summed E-state index contributed by atoms with van der Waals surface area (Å²) >= 11 is 0. The van der Waals surface area contributed by atoms with Crippen molar-refractivity contribution in [1.29, 1.82) is 5.26 Å². The molecule has 0 bridgehead atoms. The van der Waals surface area contributed by atoms with Crippen LogP contribution in [-0.4, -0.2) is 35.6 Å². The van der Waals surface area contributed by atoms with E-state index in [1.165, 1.54) is 50.9 Å². The minimum atomic E-state index is 0.519. The first-order chi connectivity index (χ1) is 9.83. The number of likely N-dealkylation sites (tertiary alicyclic amines) is 1. The van der Waals surface area contributed by atoms with Crippen LogP contribution in [0.5, 0.6) is 0 Å². The molecule has 2 aliphatic rings. The molecule has 0 unspecified atom stereocenters. The number of nitriles is 1. The summed E-state index contributed by atoms with van der Waals surface area (Å²) in [6, 6.07) is 6.85. The number of nitrogens with one attached hydrogen (secondary N) is 1. The van der Waals surface area contributed by atoms with Crippen molar-refractivity contribution in [3.8, 4) is 6.07 Å². The number of rotatable bonds is 5. The number of nitrogens with zero attached hydrogens (tertiary/aromatic N) is 3. The molecule has 0 atom stereocenters. The third kappa shape index (κ3) is 3.78. The second kappa shape index (κ2) is 6.34. The summed E-state index contributed by atoms with van der Waals surface area (Å²) in [5.74, 6) is 0.846. The standard InChI is InChI=1S/C16H22N4/c17-10-16-9-14(3-6-18-16)12-20-7-4-13(5-8-20)11-19-15-1-2-15/h3,6,9,13,15,19H,1-2,4-5,7-8,11-12H2. The van der Waals surface area contributed by atoms with Gasteiger partial charge in [0.05, 0.1) is 0 Å². The molecule has 4 heteroatoms. The fraction of sp³-hybridized carbons (Fsp3) is 0.625. The van der Waals surface area contributed by atoms with Crippen LogP contribution in [0.15, 0.2) is 18.3 Å². The lowest BCUT2D eigenvalue weighted by Crippen LogP contribution is -2.37. The van der Waals surface area contributed by atoms with E-state index in [0.29, 0.717) is 5.69 Å². The molecule has 106 valence electrons. The van der Waals surface area contributed by atoms with E-state index in [1.54, 1.807) is 6.20 Å². The third-order valence-corrected chi connectivity index (χ3v) is 4.32. The lowest BCUT2D eigenvalue weighted by atomic mass is 9.96. The highest BCUT2D eigenvalue weighted by atomic mass is 15.1. The maximum atomic E-state index is 8.88. The number of hydrogen-bond donors (Lipinski definition) is 1. The van der Waals surface area contributed by atoms with Gasteiger partial charge in [0.2, 0.25) is 0 Å². The Balaban J connectivity index is 1.44. The van der Waals surface area contributed by atoms with Crippen LogP contribution in [0.2, 0.25) is 0 Å². The number of aromatic nitrogens is 1. The first kappa shape index (κ1) is 13.5. The van der Waals surface area contributed by atoms with Gasteiger partial charge in [-0.2, -0.15) is 5.26 Å². The van der Waals surface area contributed by atoms with Gasteiger partial charge in [0, 0.05) is 18.8 Å². The van der Waals surface area contributed by atoms with E-state index in [4.69, 9.17) is 5.26 Å². The van der Waals surface area contributed by atoms with Crippen molar-refractivity contribution < 1.29 is 0 Å². The Morgan fingerprint density at radius 3 is 2.80 bits per heavy atom. The quantitative estimate of drug-likeness (QED) is 0.888. The van der Waals surface area contributed by atoms with Crippen LogP contribution in [0.25, 0.3) is 0 Å². The molecule has 3 rings (SSSR count). The Bertz CT molecular complexity index is 481. The zero-order valence-electron chi connectivity index (χ0n) is 11.9. The van der Waals surface area contributed by atoms with Gasteiger partial charge in [0.25, 0.3) is 0 Å². The summed E-state index contributed by atoms with van der Waals surface area (Å²) in [5.41, 5.74) is 1.72. The first-order valence-electron chi connectivity index (χ1n) is 7.64. The van der Waals surface area contributed by atoms with Gasteiger partial charge in [-0.15, -0.1) is 0 Å². The summed E-state index contributed by atoms with van der Waals surface area (Å²) in [7, 11) is 0. The predicted molar refractivity (Wildman–Crippen MR) is 78.0 cm³/mol. The lowest BCUT2D eigenvalue weighted by molar-refractivity contribution is 0.175. The zero-order chi connectivity index (χ0) is 13.8. The first-order valence-corrected chi connectivity index (χ1v) is 7.64. The summed E-state index contributed by atoms with van der Waals surface area (Å²) in [6.07, 6.45) is 7.07. The fourth-order valence-corrected chi connectivity index (χ4v) is 2.86. The van der Waals surface area contributed by atoms with Crippen molar-refractivity contribution in [3.63, 3.8) is 0 Å². The van der Waals surface area contributed by atoms with E-state index < -0.39 is 0 Å². The molecular formula is C16H22N4. The SMILES string of the molecule is N#Cc1cc(CN2CCC(CNC3CC3)CC2)ccn1. The third-order valence-electron chi connectivity index (χ3n) is 4.32. The Kier molecular flexibility index (Phi) is 4.29. The van der Waals surface area contributed by atoms with Gasteiger partial charge in [0.15, 0.2) is 0 Å². The van der Waals surface area contributed by atoms with Crippen LogP contribution >= 0.6 is 0 Å². The van der Waals surface area contributed by atoms with Crippen molar-refractivity contribution >= 4 is 0 Å². The highest BCUT2D eigenvalue weighted by Crippen LogP contribution is 2.22. The van der Waals surface area contributed by atoms with Crippen molar-refractivity contribution in [1.82, 2.24) is 15.2 Å². The summed E-state index contributed by atoms with van der Waals surface area (Å²) in [6.45, 7) is 4.48. The molecule has 1 N–H and O–H groups in total. The molecule has 0 radical (unpaired) electrons.